The van der Waals surface area contributed by atoms with Gasteiger partial charge in [0.25, 0.3) is 0 Å². The zero-order valence-corrected chi connectivity index (χ0v) is 41.8. The van der Waals surface area contributed by atoms with Crippen molar-refractivity contribution in [3.05, 3.63) is 96.0 Å². The van der Waals surface area contributed by atoms with Gasteiger partial charge in [0, 0.05) is 57.4 Å². The summed E-state index contributed by atoms with van der Waals surface area (Å²) in [7, 11) is 1.24. The van der Waals surface area contributed by atoms with E-state index in [1.54, 1.807) is 6.92 Å². The molecule has 4 aliphatic rings. The standard InChI is InChI=1S/C55H78N5O6/c1-13-39-35(8)42-28-45-40(14-2)36(9)43(58-45)30-47-37(10)41(24-25-48(61)66-27-26-34(7)23-17-22-33(6)21-16-20-32(5)19-15-18-31(3)4)51(60(47)64)49-50(54(63)65-12)53(62)55(56)38(11)44(59-52(49)55)29-46(39)57-42/h14,26,28-33,37,41,50-51,57-59H,2,13,15-25,27,56H2,1,3-12H3/q-1/b34-26+,42-28-,46-29-,47-30-/t32-,33-,37+,41+,50-,51?,55+/m1/s1. The van der Waals surface area contributed by atoms with Gasteiger partial charge in [-0.05, 0) is 129 Å². The van der Waals surface area contributed by atoms with E-state index in [0.717, 1.165) is 80.5 Å². The first-order valence-corrected chi connectivity index (χ1v) is 24.8. The van der Waals surface area contributed by atoms with Crippen molar-refractivity contribution in [1.29, 1.82) is 0 Å². The number of rotatable bonds is 20. The number of allylic oxidation sites excluding steroid dienone is 3. The molecule has 7 atom stereocenters. The molecular weight excluding hydrogens is 827 g/mol. The first kappa shape index (κ1) is 50.5. The first-order chi connectivity index (χ1) is 31.4. The maximum Gasteiger partial charge on any atom is 0.320 e. The predicted octanol–water partition coefficient (Wildman–Crippen LogP) is 9.47. The molecule has 0 aromatic carbocycles. The number of fused-ring (bicyclic) bond motifs is 8. The Bertz CT molecular complexity index is 2430. The predicted molar refractivity (Wildman–Crippen MR) is 266 cm³/mol. The Balaban J connectivity index is 1.23. The zero-order chi connectivity index (χ0) is 48.2. The van der Waals surface area contributed by atoms with E-state index in [-0.39, 0.29) is 31.0 Å². The summed E-state index contributed by atoms with van der Waals surface area (Å²) >= 11 is 0. The van der Waals surface area contributed by atoms with Crippen molar-refractivity contribution in [2.45, 2.75) is 158 Å². The Morgan fingerprint density at radius 2 is 1.61 bits per heavy atom. The highest BCUT2D eigenvalue weighted by Crippen LogP contribution is 2.52. The maximum atomic E-state index is 15.1. The van der Waals surface area contributed by atoms with Crippen LogP contribution in [0.4, 0.5) is 0 Å². The molecule has 11 nitrogen and oxygen atoms in total. The summed E-state index contributed by atoms with van der Waals surface area (Å²) in [6.45, 7) is 25.7. The molecule has 0 amide bonds. The summed E-state index contributed by atoms with van der Waals surface area (Å²) in [5.74, 6) is -1.73. The summed E-state index contributed by atoms with van der Waals surface area (Å²) in [5, 5.41) is 21.2. The summed E-state index contributed by atoms with van der Waals surface area (Å²) in [6, 6.07) is -1.02. The Morgan fingerprint density at radius 1 is 0.939 bits per heavy atom. The number of aromatic amines is 2. The van der Waals surface area contributed by atoms with Crippen LogP contribution in [0, 0.1) is 54.6 Å². The summed E-state index contributed by atoms with van der Waals surface area (Å²) in [5.41, 5.74) is 14.5. The fourth-order valence-electron chi connectivity index (χ4n) is 11.1. The number of nitrogens with zero attached hydrogens (tertiary/aromatic N) is 1. The van der Waals surface area contributed by atoms with Crippen molar-refractivity contribution in [2.75, 3.05) is 13.7 Å². The van der Waals surface area contributed by atoms with Crippen LogP contribution in [0.2, 0.25) is 0 Å². The number of Topliss-reactive ketones (excluding diaryl/α,β-unsaturated/α-hetero) is 1. The number of aromatic nitrogens is 2. The Morgan fingerprint density at radius 3 is 2.24 bits per heavy atom. The van der Waals surface area contributed by atoms with Crippen molar-refractivity contribution < 1.29 is 23.9 Å². The number of carbonyl (C=O) groups excluding carboxylic acids is 3. The molecule has 6 rings (SSSR count). The van der Waals surface area contributed by atoms with Crippen molar-refractivity contribution in [1.82, 2.24) is 20.3 Å². The topological polar surface area (TPSA) is 166 Å². The lowest BCUT2D eigenvalue weighted by atomic mass is 9.80. The fourth-order valence-corrected chi connectivity index (χ4v) is 11.1. The first-order valence-electron chi connectivity index (χ1n) is 24.8. The molecule has 3 aliphatic heterocycles. The van der Waals surface area contributed by atoms with Crippen LogP contribution in [-0.2, 0) is 30.3 Å². The quantitative estimate of drug-likeness (QED) is 0.0576. The maximum absolute atomic E-state index is 15.1. The number of ketones is 1. The van der Waals surface area contributed by atoms with Crippen LogP contribution in [0.3, 0.4) is 0 Å². The minimum Gasteiger partial charge on any atom is -0.758 e. The third-order valence-electron chi connectivity index (χ3n) is 15.4. The number of ether oxygens (including phenoxy) is 2. The second kappa shape index (κ2) is 21.4. The largest absolute Gasteiger partial charge is 0.758 e. The van der Waals surface area contributed by atoms with Crippen LogP contribution in [0.25, 0.3) is 24.3 Å². The average Bonchev–Trinajstić information content (AvgIpc) is 3.96. The molecular formula is C55H78N5O6-. The van der Waals surface area contributed by atoms with Gasteiger partial charge in [0.2, 0.25) is 0 Å². The van der Waals surface area contributed by atoms with E-state index in [9.17, 15) is 14.4 Å². The second-order valence-corrected chi connectivity index (χ2v) is 20.4. The molecule has 5 heterocycles. The van der Waals surface area contributed by atoms with Gasteiger partial charge in [-0.2, -0.15) is 0 Å². The molecule has 11 heteroatoms. The molecule has 1 saturated heterocycles. The van der Waals surface area contributed by atoms with E-state index in [1.807, 2.05) is 38.2 Å². The van der Waals surface area contributed by atoms with Gasteiger partial charge in [0.1, 0.15) is 18.1 Å². The smallest absolute Gasteiger partial charge is 0.320 e. The molecule has 0 saturated carbocycles. The van der Waals surface area contributed by atoms with Crippen LogP contribution in [0.1, 0.15) is 160 Å². The van der Waals surface area contributed by atoms with Crippen molar-refractivity contribution in [3.63, 3.8) is 0 Å². The number of hydrogen-bond acceptors (Lipinski definition) is 9. The SMILES string of the molecule is C=Cc1c2[nH]c(c1C)/C=C1/[C@@H](C)[C@H](CCC(=O)OC/C=C(\C)CCC[C@H](C)CCC[C@H](C)CCCC(C)C)C(C3=C4NC(=C(C)[C@@]4(N)C(=O)[C@@H]3C(=O)OC)/C=c3\[nH]/c(c(C)c3CC)=C\2)N1[O-]. The van der Waals surface area contributed by atoms with Gasteiger partial charge in [-0.15, -0.1) is 0 Å². The van der Waals surface area contributed by atoms with E-state index >= 15 is 5.21 Å². The van der Waals surface area contributed by atoms with Crippen molar-refractivity contribution >= 4 is 42.0 Å². The lowest BCUT2D eigenvalue weighted by Gasteiger charge is -2.38. The van der Waals surface area contributed by atoms with Gasteiger partial charge in [0.15, 0.2) is 5.78 Å². The molecule has 1 aliphatic carbocycles. The van der Waals surface area contributed by atoms with E-state index in [1.165, 1.54) is 57.6 Å². The van der Waals surface area contributed by atoms with Crippen LogP contribution in [0.15, 0.2) is 46.5 Å². The van der Waals surface area contributed by atoms with Gasteiger partial charge in [-0.1, -0.05) is 105 Å². The molecule has 5 N–H and O–H groups in total. The number of esters is 2. The number of hydrogen-bond donors (Lipinski definition) is 4. The van der Waals surface area contributed by atoms with Crippen molar-refractivity contribution in [2.24, 2.45) is 41.2 Å². The number of carbonyl (C=O) groups is 3. The number of nitrogens with one attached hydrogen (secondary N) is 3. The Kier molecular flexibility index (Phi) is 16.4. The lowest BCUT2D eigenvalue weighted by Crippen LogP contribution is -2.49. The van der Waals surface area contributed by atoms with Crippen LogP contribution in [-0.4, -0.2) is 58.1 Å². The minimum atomic E-state index is -1.70. The molecule has 0 spiro atoms. The fraction of sp³-hybridized carbons (Fsp3) is 0.582. The van der Waals surface area contributed by atoms with Crippen LogP contribution >= 0.6 is 0 Å². The summed E-state index contributed by atoms with van der Waals surface area (Å²) in [6.07, 6.45) is 21.9. The third kappa shape index (κ3) is 10.2. The Hall–Kier alpha value is -4.87. The molecule has 1 fully saturated rings. The second-order valence-electron chi connectivity index (χ2n) is 20.4. The van der Waals surface area contributed by atoms with E-state index in [2.05, 4.69) is 76.4 Å². The van der Waals surface area contributed by atoms with Gasteiger partial charge in [0.05, 0.1) is 12.8 Å². The zero-order valence-electron chi connectivity index (χ0n) is 41.8. The molecule has 1 unspecified atom stereocenters. The molecule has 66 heavy (non-hydrogen) atoms. The van der Waals surface area contributed by atoms with Crippen molar-refractivity contribution in [3.8, 4) is 0 Å². The highest BCUT2D eigenvalue weighted by atomic mass is 16.5. The highest BCUT2D eigenvalue weighted by molar-refractivity contribution is 6.14. The van der Waals surface area contributed by atoms with Gasteiger partial charge in [-0.25, -0.2) is 0 Å². The van der Waals surface area contributed by atoms with Gasteiger partial charge < -0.3 is 40.8 Å². The van der Waals surface area contributed by atoms with Crippen LogP contribution in [0.5, 0.6) is 0 Å². The third-order valence-corrected chi connectivity index (χ3v) is 15.4. The normalized spacial score (nSPS) is 25.3. The van der Waals surface area contributed by atoms with Crippen LogP contribution < -0.4 is 21.7 Å². The molecule has 8 bridgehead atoms. The molecule has 2 aromatic rings. The molecule has 0 radical (unpaired) electrons. The van der Waals surface area contributed by atoms with Gasteiger partial charge in [-0.3, -0.25) is 14.4 Å². The number of hydroxylamine groups is 2. The number of methoxy groups -OCH3 is 1. The van der Waals surface area contributed by atoms with E-state index < -0.39 is 41.1 Å². The number of H-pyrrole nitrogens is 2. The summed E-state index contributed by atoms with van der Waals surface area (Å²) in [4.78, 5) is 49.1. The van der Waals surface area contributed by atoms with E-state index in [0.29, 0.717) is 28.6 Å². The number of nitrogens with two attached hydrogens (primary N) is 1. The average molecular weight is 905 g/mol. The summed E-state index contributed by atoms with van der Waals surface area (Å²) < 4.78 is 11.0. The van der Waals surface area contributed by atoms with E-state index in [4.69, 9.17) is 15.2 Å². The Labute approximate surface area is 393 Å². The minimum absolute atomic E-state index is 0.0413. The molecule has 2 aromatic heterocycles. The lowest BCUT2D eigenvalue weighted by molar-refractivity contribution is -0.148. The van der Waals surface area contributed by atoms with Gasteiger partial charge >= 0.3 is 11.9 Å². The molecule has 360 valence electrons. The highest BCUT2D eigenvalue weighted by Gasteiger charge is 2.61. The monoisotopic (exact) mass is 905 g/mol.